The van der Waals surface area contributed by atoms with Crippen molar-refractivity contribution in [3.63, 3.8) is 0 Å². The lowest BCUT2D eigenvalue weighted by molar-refractivity contribution is -0.151. The van der Waals surface area contributed by atoms with E-state index in [9.17, 15) is 9.59 Å². The Balaban J connectivity index is 1.69. The average molecular weight is 509 g/mol. The summed E-state index contributed by atoms with van der Waals surface area (Å²) >= 11 is 0. The predicted octanol–water partition coefficient (Wildman–Crippen LogP) is 2.49. The minimum absolute atomic E-state index is 0.0149. The third-order valence-corrected chi connectivity index (χ3v) is 9.21. The van der Waals surface area contributed by atoms with E-state index in [1.807, 2.05) is 54.7 Å². The van der Waals surface area contributed by atoms with E-state index in [1.165, 1.54) is 9.80 Å². The van der Waals surface area contributed by atoms with Gasteiger partial charge in [0.2, 0.25) is 11.9 Å². The molecule has 2 amide bonds. The number of hydrogen-bond acceptors (Lipinski definition) is 4. The Kier molecular flexibility index (Phi) is 4.18. The molecule has 10 nitrogen and oxygen atoms in total. The highest BCUT2D eigenvalue weighted by Crippen LogP contribution is 2.59. The van der Waals surface area contributed by atoms with Gasteiger partial charge in [-0.25, -0.2) is 0 Å². The van der Waals surface area contributed by atoms with Crippen LogP contribution in [0.1, 0.15) is 22.7 Å². The van der Waals surface area contributed by atoms with Crippen molar-refractivity contribution in [1.82, 2.24) is 29.6 Å². The molecule has 2 aliphatic heterocycles. The number of rotatable bonds is 1. The number of amides is 2. The van der Waals surface area contributed by atoms with E-state index in [0.29, 0.717) is 0 Å². The summed E-state index contributed by atoms with van der Waals surface area (Å²) in [5, 5.41) is 19.7. The molecule has 0 saturated carbocycles. The summed E-state index contributed by atoms with van der Waals surface area (Å²) in [5.74, 6) is -1.27. The van der Waals surface area contributed by atoms with Gasteiger partial charge in [-0.1, -0.05) is 36.4 Å². The first-order valence-electron chi connectivity index (χ1n) is 12.5. The molecule has 4 heterocycles. The van der Waals surface area contributed by atoms with Gasteiger partial charge in [-0.3, -0.25) is 30.2 Å². The van der Waals surface area contributed by atoms with Crippen LogP contribution >= 0.6 is 0 Å². The number of hydrogen-bond donors (Lipinski definition) is 4. The molecule has 0 radical (unpaired) electrons. The molecule has 4 aromatic rings. The molecule has 0 bridgehead atoms. The molecule has 2 aromatic carbocycles. The topological polar surface area (TPSA) is 126 Å². The molecule has 1 aliphatic carbocycles. The lowest BCUT2D eigenvalue weighted by Gasteiger charge is -2.55. The monoisotopic (exact) mass is 508 g/mol. The second-order valence-corrected chi connectivity index (χ2v) is 10.6. The minimum atomic E-state index is -1.54. The van der Waals surface area contributed by atoms with Crippen LogP contribution in [0.5, 0.6) is 0 Å². The summed E-state index contributed by atoms with van der Waals surface area (Å²) in [6.45, 7) is 0. The zero-order valence-electron chi connectivity index (χ0n) is 21.6. The van der Waals surface area contributed by atoms with Gasteiger partial charge in [0.05, 0.1) is 5.92 Å². The third kappa shape index (κ3) is 2.22. The van der Waals surface area contributed by atoms with E-state index >= 15 is 0 Å². The highest BCUT2D eigenvalue weighted by atomic mass is 16.2. The van der Waals surface area contributed by atoms with Crippen LogP contribution in [0.3, 0.4) is 0 Å². The van der Waals surface area contributed by atoms with Crippen molar-refractivity contribution in [1.29, 1.82) is 10.8 Å². The summed E-state index contributed by atoms with van der Waals surface area (Å²) < 4.78 is 0. The van der Waals surface area contributed by atoms with Crippen LogP contribution in [-0.2, 0) is 16.0 Å². The molecule has 3 atom stereocenters. The lowest BCUT2D eigenvalue weighted by atomic mass is 9.57. The molecule has 38 heavy (non-hydrogen) atoms. The predicted molar refractivity (Wildman–Crippen MR) is 144 cm³/mol. The second kappa shape index (κ2) is 7.03. The number of fused-ring (bicyclic) bond motifs is 5. The van der Waals surface area contributed by atoms with E-state index in [2.05, 4.69) is 9.97 Å². The Morgan fingerprint density at radius 1 is 0.816 bits per heavy atom. The van der Waals surface area contributed by atoms with E-state index in [0.717, 1.165) is 38.6 Å². The Morgan fingerprint density at radius 3 is 2.05 bits per heavy atom. The quantitative estimate of drug-likeness (QED) is 0.315. The Labute approximate surface area is 218 Å². The molecule has 2 aromatic heterocycles. The fourth-order valence-electron chi connectivity index (χ4n) is 7.40. The van der Waals surface area contributed by atoms with Crippen LogP contribution in [0.4, 0.5) is 0 Å². The summed E-state index contributed by atoms with van der Waals surface area (Å²) in [6.07, 6.45) is 2.13. The molecular formula is C28H28N8O2. The van der Waals surface area contributed by atoms with Gasteiger partial charge in [-0.2, -0.15) is 0 Å². The molecular weight excluding hydrogens is 480 g/mol. The molecule has 3 aliphatic rings. The number of nitrogens with one attached hydrogen (secondary N) is 4. The van der Waals surface area contributed by atoms with Crippen molar-refractivity contribution >= 4 is 45.5 Å². The average Bonchev–Trinajstić information content (AvgIpc) is 3.61. The third-order valence-electron chi connectivity index (χ3n) is 9.21. The van der Waals surface area contributed by atoms with Gasteiger partial charge in [0.25, 0.3) is 11.8 Å². The second-order valence-electron chi connectivity index (χ2n) is 10.6. The van der Waals surface area contributed by atoms with Gasteiger partial charge in [-0.05, 0) is 23.3 Å². The Hall–Kier alpha value is -4.60. The zero-order chi connectivity index (χ0) is 26.7. The normalized spacial score (nSPS) is 27.3. The maximum atomic E-state index is 14.7. The number of carbonyl (C=O) groups is 2. The Bertz CT molecular complexity index is 1730. The molecule has 2 spiro atoms. The molecule has 2 saturated heterocycles. The number of nitrogens with zero attached hydrogens (tertiary/aromatic N) is 4. The summed E-state index contributed by atoms with van der Waals surface area (Å²) in [7, 11) is 6.62. The number of guanidine groups is 2. The van der Waals surface area contributed by atoms with Crippen LogP contribution in [-0.4, -0.2) is 92.6 Å². The molecule has 0 unspecified atom stereocenters. The first-order chi connectivity index (χ1) is 18.2. The number of para-hydroxylation sites is 2. The van der Waals surface area contributed by atoms with Gasteiger partial charge < -0.3 is 19.8 Å². The Morgan fingerprint density at radius 2 is 1.42 bits per heavy atom. The fraction of sp³-hybridized carbons (Fsp3) is 0.286. The number of aromatic nitrogens is 2. The van der Waals surface area contributed by atoms with Crippen LogP contribution < -0.4 is 0 Å². The number of H-pyrrole nitrogens is 2. The highest BCUT2D eigenvalue weighted by Gasteiger charge is 2.78. The summed E-state index contributed by atoms with van der Waals surface area (Å²) in [6, 6.07) is 15.9. The number of benzene rings is 2. The van der Waals surface area contributed by atoms with Crippen LogP contribution in [0.2, 0.25) is 0 Å². The van der Waals surface area contributed by atoms with Crippen molar-refractivity contribution < 1.29 is 9.59 Å². The highest BCUT2D eigenvalue weighted by molar-refractivity contribution is 6.19. The zero-order valence-corrected chi connectivity index (χ0v) is 21.6. The first-order valence-corrected chi connectivity index (χ1v) is 12.5. The van der Waals surface area contributed by atoms with Gasteiger partial charge in [0.1, 0.15) is 0 Å². The van der Waals surface area contributed by atoms with E-state index < -0.39 is 17.0 Å². The van der Waals surface area contributed by atoms with Crippen molar-refractivity contribution in [3.05, 3.63) is 71.5 Å². The molecule has 7 rings (SSSR count). The van der Waals surface area contributed by atoms with E-state index in [-0.39, 0.29) is 30.2 Å². The SMILES string of the molecule is CN1C(=N)N(C)[C@]2(Cc3c([nH]c4ccccc34)[C@@H](c3c[nH]c4ccccc34)[C@@]23C(=O)N(C)C(=N)N3C)C1=O. The first kappa shape index (κ1) is 22.6. The van der Waals surface area contributed by atoms with E-state index in [4.69, 9.17) is 10.8 Å². The minimum Gasteiger partial charge on any atom is -0.361 e. The van der Waals surface area contributed by atoms with Crippen molar-refractivity contribution in [3.8, 4) is 0 Å². The van der Waals surface area contributed by atoms with Gasteiger partial charge >= 0.3 is 0 Å². The maximum absolute atomic E-state index is 14.7. The van der Waals surface area contributed by atoms with Crippen LogP contribution in [0, 0.1) is 10.8 Å². The number of aromatic amines is 2. The molecule has 192 valence electrons. The van der Waals surface area contributed by atoms with Gasteiger partial charge in [-0.15, -0.1) is 0 Å². The van der Waals surface area contributed by atoms with E-state index in [1.54, 1.807) is 38.0 Å². The largest absolute Gasteiger partial charge is 0.361 e. The van der Waals surface area contributed by atoms with Gasteiger partial charge in [0, 0.05) is 68.3 Å². The lowest BCUT2D eigenvalue weighted by Crippen LogP contribution is -2.77. The number of likely N-dealkylation sites (N-methyl/N-ethyl adjacent to an activating group) is 4. The van der Waals surface area contributed by atoms with Crippen molar-refractivity contribution in [2.45, 2.75) is 23.4 Å². The van der Waals surface area contributed by atoms with Crippen LogP contribution in [0.15, 0.2) is 54.7 Å². The number of carbonyl (C=O) groups excluding carboxylic acids is 2. The van der Waals surface area contributed by atoms with Crippen molar-refractivity contribution in [2.24, 2.45) is 0 Å². The van der Waals surface area contributed by atoms with Crippen molar-refractivity contribution in [2.75, 3.05) is 28.2 Å². The smallest absolute Gasteiger partial charge is 0.259 e. The summed E-state index contributed by atoms with van der Waals surface area (Å²) in [5.41, 5.74) is 1.49. The molecule has 2 fully saturated rings. The molecule has 4 N–H and O–H groups in total. The molecule has 10 heteroatoms. The van der Waals surface area contributed by atoms with Crippen LogP contribution in [0.25, 0.3) is 21.8 Å². The summed E-state index contributed by atoms with van der Waals surface area (Å²) in [4.78, 5) is 42.1. The van der Waals surface area contributed by atoms with Gasteiger partial charge in [0.15, 0.2) is 11.1 Å². The maximum Gasteiger partial charge on any atom is 0.259 e. The standard InChI is InChI=1S/C28H28N8O2/c1-33-23(37)27(35(3)25(33)29)13-17-15-9-6-8-12-20(15)32-22(17)21(18-14-31-19-11-7-5-10-16(18)19)28(27)24(38)34(2)26(30)36(28)4/h5-12,14,21,29-32H,13H2,1-4H3/t21-,27-,28-/m1/s1. The fourth-order valence-corrected chi connectivity index (χ4v) is 7.40.